The lowest BCUT2D eigenvalue weighted by Gasteiger charge is -2.18. The molecule has 2 aromatic heterocycles. The molecule has 2 heterocycles. The van der Waals surface area contributed by atoms with Gasteiger partial charge in [0.1, 0.15) is 0 Å². The van der Waals surface area contributed by atoms with Crippen LogP contribution in [0.25, 0.3) is 21.8 Å². The van der Waals surface area contributed by atoms with Crippen molar-refractivity contribution in [1.82, 2.24) is 9.97 Å². The third-order valence-corrected chi connectivity index (χ3v) is 5.42. The summed E-state index contributed by atoms with van der Waals surface area (Å²) in [6.45, 7) is 0. The molecule has 0 spiro atoms. The van der Waals surface area contributed by atoms with Gasteiger partial charge in [-0.25, -0.2) is 0 Å². The third-order valence-electron chi connectivity index (χ3n) is 5.08. The van der Waals surface area contributed by atoms with E-state index in [-0.39, 0.29) is 5.92 Å². The number of aromatic nitrogens is 2. The van der Waals surface area contributed by atoms with Gasteiger partial charge < -0.3 is 9.97 Å². The van der Waals surface area contributed by atoms with Crippen LogP contribution in [0.15, 0.2) is 85.2 Å². The Hall–Kier alpha value is -2.97. The molecule has 0 unspecified atom stereocenters. The number of hydrogen-bond donors (Lipinski definition) is 2. The molecule has 126 valence electrons. The van der Waals surface area contributed by atoms with E-state index in [4.69, 9.17) is 11.6 Å². The van der Waals surface area contributed by atoms with Crippen LogP contribution >= 0.6 is 11.6 Å². The summed E-state index contributed by atoms with van der Waals surface area (Å²) in [6.07, 6.45) is 4.22. The second-order valence-electron chi connectivity index (χ2n) is 6.53. The van der Waals surface area contributed by atoms with E-state index in [1.807, 2.05) is 12.1 Å². The first-order chi connectivity index (χ1) is 12.8. The maximum atomic E-state index is 6.63. The first-order valence-electron chi connectivity index (χ1n) is 8.69. The van der Waals surface area contributed by atoms with Crippen LogP contribution in [0.1, 0.15) is 22.6 Å². The number of rotatable bonds is 3. The topological polar surface area (TPSA) is 31.6 Å². The Bertz CT molecular complexity index is 1140. The second-order valence-corrected chi connectivity index (χ2v) is 6.94. The van der Waals surface area contributed by atoms with Crippen LogP contribution in [0.3, 0.4) is 0 Å². The molecule has 2 N–H and O–H groups in total. The van der Waals surface area contributed by atoms with Crippen LogP contribution < -0.4 is 0 Å². The fourth-order valence-electron chi connectivity index (χ4n) is 3.88. The number of fused-ring (bicyclic) bond motifs is 2. The van der Waals surface area contributed by atoms with Gasteiger partial charge in [0.15, 0.2) is 0 Å². The highest BCUT2D eigenvalue weighted by atomic mass is 35.5. The lowest BCUT2D eigenvalue weighted by atomic mass is 9.85. The van der Waals surface area contributed by atoms with E-state index in [1.165, 1.54) is 21.9 Å². The first-order valence-corrected chi connectivity index (χ1v) is 9.07. The predicted molar refractivity (Wildman–Crippen MR) is 109 cm³/mol. The van der Waals surface area contributed by atoms with Gasteiger partial charge in [-0.15, -0.1) is 0 Å². The second kappa shape index (κ2) is 6.08. The normalized spacial score (nSPS) is 11.6. The van der Waals surface area contributed by atoms with Gasteiger partial charge in [0.05, 0.1) is 0 Å². The lowest BCUT2D eigenvalue weighted by molar-refractivity contribution is 0.998. The monoisotopic (exact) mass is 356 g/mol. The predicted octanol–water partition coefficient (Wildman–Crippen LogP) is 6.48. The average molecular weight is 357 g/mol. The minimum atomic E-state index is 0.0519. The van der Waals surface area contributed by atoms with Crippen molar-refractivity contribution in [2.24, 2.45) is 0 Å². The minimum absolute atomic E-state index is 0.0519. The van der Waals surface area contributed by atoms with E-state index < -0.39 is 0 Å². The number of nitrogens with one attached hydrogen (secondary N) is 2. The van der Waals surface area contributed by atoms with Gasteiger partial charge in [-0.3, -0.25) is 0 Å². The van der Waals surface area contributed by atoms with E-state index in [9.17, 15) is 0 Å². The molecule has 3 aromatic carbocycles. The lowest BCUT2D eigenvalue weighted by Crippen LogP contribution is -2.03. The molecule has 0 atom stereocenters. The number of halogens is 1. The molecule has 0 aliphatic heterocycles. The fourth-order valence-corrected chi connectivity index (χ4v) is 4.12. The molecular weight excluding hydrogens is 340 g/mol. The van der Waals surface area contributed by atoms with Crippen LogP contribution in [0.5, 0.6) is 0 Å². The maximum absolute atomic E-state index is 6.63. The summed E-state index contributed by atoms with van der Waals surface area (Å²) in [7, 11) is 0. The van der Waals surface area contributed by atoms with Crippen molar-refractivity contribution < 1.29 is 0 Å². The van der Waals surface area contributed by atoms with Crippen molar-refractivity contribution in [1.29, 1.82) is 0 Å². The van der Waals surface area contributed by atoms with Gasteiger partial charge in [0, 0.05) is 45.1 Å². The Morgan fingerprint density at radius 3 is 1.65 bits per heavy atom. The van der Waals surface area contributed by atoms with Crippen LogP contribution in [-0.4, -0.2) is 9.97 Å². The van der Waals surface area contributed by atoms with Crippen LogP contribution in [-0.2, 0) is 0 Å². The van der Waals surface area contributed by atoms with Crippen LogP contribution in [0, 0.1) is 0 Å². The number of aromatic amines is 2. The molecule has 26 heavy (non-hydrogen) atoms. The molecule has 0 saturated carbocycles. The number of hydrogen-bond acceptors (Lipinski definition) is 0. The molecule has 5 rings (SSSR count). The first kappa shape index (κ1) is 15.3. The standard InChI is InChI=1S/C23H17ClN2/c24-20-10-4-1-9-17(20)23(18-13-25-21-11-5-2-7-15(18)21)19-14-26-22-12-6-3-8-16(19)22/h1-14,23,25-26H. The highest BCUT2D eigenvalue weighted by molar-refractivity contribution is 6.31. The highest BCUT2D eigenvalue weighted by Gasteiger charge is 2.24. The molecule has 0 aliphatic rings. The molecule has 3 heteroatoms. The SMILES string of the molecule is Clc1ccccc1C(c1c[nH]c2ccccc12)c1c[nH]c2ccccc12. The Morgan fingerprint density at radius 2 is 1.08 bits per heavy atom. The van der Waals surface area contributed by atoms with Gasteiger partial charge in [0.2, 0.25) is 0 Å². The number of para-hydroxylation sites is 2. The largest absolute Gasteiger partial charge is 0.361 e. The van der Waals surface area contributed by atoms with Crippen LogP contribution in [0.4, 0.5) is 0 Å². The highest BCUT2D eigenvalue weighted by Crippen LogP contribution is 2.41. The van der Waals surface area contributed by atoms with Gasteiger partial charge >= 0.3 is 0 Å². The molecule has 2 nitrogen and oxygen atoms in total. The van der Waals surface area contributed by atoms with Crippen molar-refractivity contribution in [3.05, 3.63) is 107 Å². The van der Waals surface area contributed by atoms with E-state index in [0.717, 1.165) is 21.6 Å². The molecule has 0 amide bonds. The molecule has 0 saturated heterocycles. The zero-order chi connectivity index (χ0) is 17.5. The Kier molecular flexibility index (Phi) is 3.58. The molecule has 0 aliphatic carbocycles. The van der Waals surface area contributed by atoms with Gasteiger partial charge in [0.25, 0.3) is 0 Å². The average Bonchev–Trinajstić information content (AvgIpc) is 3.29. The van der Waals surface area contributed by atoms with E-state index >= 15 is 0 Å². The zero-order valence-corrected chi connectivity index (χ0v) is 14.8. The molecule has 0 fully saturated rings. The quantitative estimate of drug-likeness (QED) is 0.370. The summed E-state index contributed by atoms with van der Waals surface area (Å²) in [5.41, 5.74) is 5.86. The summed E-state index contributed by atoms with van der Waals surface area (Å²) in [4.78, 5) is 6.83. The fraction of sp³-hybridized carbons (Fsp3) is 0.0435. The zero-order valence-electron chi connectivity index (χ0n) is 14.0. The summed E-state index contributed by atoms with van der Waals surface area (Å²) >= 11 is 6.63. The molecule has 0 bridgehead atoms. The Balaban J connectivity index is 1.83. The Labute approximate surface area is 156 Å². The van der Waals surface area contributed by atoms with Crippen molar-refractivity contribution in [2.75, 3.05) is 0 Å². The van der Waals surface area contributed by atoms with Gasteiger partial charge in [-0.1, -0.05) is 66.2 Å². The van der Waals surface area contributed by atoms with Crippen molar-refractivity contribution >= 4 is 33.4 Å². The molecular formula is C23H17ClN2. The molecule has 5 aromatic rings. The summed E-state index contributed by atoms with van der Waals surface area (Å²) < 4.78 is 0. The van der Waals surface area contributed by atoms with E-state index in [1.54, 1.807) is 0 Å². The van der Waals surface area contributed by atoms with E-state index in [2.05, 4.69) is 83.0 Å². The van der Waals surface area contributed by atoms with Crippen molar-refractivity contribution in [3.8, 4) is 0 Å². The van der Waals surface area contributed by atoms with E-state index in [0.29, 0.717) is 0 Å². The van der Waals surface area contributed by atoms with Crippen molar-refractivity contribution in [3.63, 3.8) is 0 Å². The third kappa shape index (κ3) is 2.34. The Morgan fingerprint density at radius 1 is 0.577 bits per heavy atom. The van der Waals surface area contributed by atoms with Gasteiger partial charge in [-0.05, 0) is 34.9 Å². The maximum Gasteiger partial charge on any atom is 0.0457 e. The smallest absolute Gasteiger partial charge is 0.0457 e. The summed E-state index contributed by atoms with van der Waals surface area (Å²) in [6, 6.07) is 24.9. The van der Waals surface area contributed by atoms with Crippen molar-refractivity contribution in [2.45, 2.75) is 5.92 Å². The number of H-pyrrole nitrogens is 2. The molecule has 0 radical (unpaired) electrons. The minimum Gasteiger partial charge on any atom is -0.361 e. The number of benzene rings is 3. The summed E-state index contributed by atoms with van der Waals surface area (Å²) in [5, 5.41) is 3.23. The van der Waals surface area contributed by atoms with Crippen LogP contribution in [0.2, 0.25) is 5.02 Å². The van der Waals surface area contributed by atoms with Gasteiger partial charge in [-0.2, -0.15) is 0 Å². The summed E-state index contributed by atoms with van der Waals surface area (Å²) in [5.74, 6) is 0.0519.